The normalized spacial score (nSPS) is 21.4. The van der Waals surface area contributed by atoms with Gasteiger partial charge in [-0.05, 0) is 93.6 Å². The summed E-state index contributed by atoms with van der Waals surface area (Å²) in [7, 11) is 0. The number of aliphatic hydroxyl groups excluding tert-OH is 1. The van der Waals surface area contributed by atoms with Crippen LogP contribution in [0.25, 0.3) is 0 Å². The molecule has 39 heavy (non-hydrogen) atoms. The zero-order chi connectivity index (χ0) is 27.9. The molecule has 220 valence electrons. The van der Waals surface area contributed by atoms with E-state index in [2.05, 4.69) is 42.5 Å². The van der Waals surface area contributed by atoms with E-state index in [1.54, 1.807) is 6.92 Å². The molecule has 0 saturated heterocycles. The molecule has 0 heterocycles. The van der Waals surface area contributed by atoms with E-state index in [0.29, 0.717) is 6.54 Å². The lowest BCUT2D eigenvalue weighted by atomic mass is 9.60. The van der Waals surface area contributed by atoms with E-state index in [1.165, 1.54) is 69.8 Å². The topological polar surface area (TPSA) is 83.5 Å². The summed E-state index contributed by atoms with van der Waals surface area (Å²) in [4.78, 5) is 12.6. The fourth-order valence-electron chi connectivity index (χ4n) is 7.91. The molecule has 2 aliphatic rings. The van der Waals surface area contributed by atoms with Crippen molar-refractivity contribution in [2.75, 3.05) is 6.54 Å². The molecular formula is C35H57NO3. The highest BCUT2D eigenvalue weighted by atomic mass is 16.4. The van der Waals surface area contributed by atoms with Crippen LogP contribution in [-0.4, -0.2) is 28.8 Å². The number of nitrogens with two attached hydrogens (primary N) is 1. The summed E-state index contributed by atoms with van der Waals surface area (Å²) in [5.41, 5.74) is 7.45. The Bertz CT molecular complexity index is 824. The van der Waals surface area contributed by atoms with Crippen molar-refractivity contribution in [3.8, 4) is 0 Å². The monoisotopic (exact) mass is 539 g/mol. The fourth-order valence-corrected chi connectivity index (χ4v) is 7.91. The van der Waals surface area contributed by atoms with Crippen LogP contribution in [0, 0.1) is 23.7 Å². The van der Waals surface area contributed by atoms with E-state index in [9.17, 15) is 15.0 Å². The molecule has 4 heteroatoms. The number of allylic oxidation sites excluding steroid dienone is 2. The SMILES string of the molecule is C[C@H](O)[C@H](C(=O)O)[C@H](CC1(c2ccccc2)CCCCC1)[C@H](CCN)CCCC/C=C\CCC1CCCCC1. The highest BCUT2D eigenvalue weighted by Crippen LogP contribution is 2.48. The summed E-state index contributed by atoms with van der Waals surface area (Å²) in [6, 6.07) is 10.8. The molecule has 4 atom stereocenters. The minimum absolute atomic E-state index is 0.0132. The lowest BCUT2D eigenvalue weighted by Crippen LogP contribution is -2.42. The smallest absolute Gasteiger partial charge is 0.309 e. The Morgan fingerprint density at radius 3 is 2.28 bits per heavy atom. The van der Waals surface area contributed by atoms with Crippen LogP contribution in [0.3, 0.4) is 0 Å². The van der Waals surface area contributed by atoms with Gasteiger partial charge in [-0.25, -0.2) is 0 Å². The maximum Gasteiger partial charge on any atom is 0.309 e. The number of unbranched alkanes of at least 4 members (excludes halogenated alkanes) is 2. The molecule has 2 saturated carbocycles. The Morgan fingerprint density at radius 2 is 1.64 bits per heavy atom. The molecule has 4 nitrogen and oxygen atoms in total. The van der Waals surface area contributed by atoms with Gasteiger partial charge in [0.15, 0.2) is 0 Å². The standard InChI is InChI=1S/C35H57NO3/c1-28(37)33(34(38)39)32(27-35(24-15-8-16-25-35)31-21-13-7-14-22-31)30(23-26-36)20-12-5-3-2-4-9-17-29-18-10-6-11-19-29/h2,4,7,13-14,21-22,28-30,32-33,37H,3,5-6,8-12,15-20,23-27,36H2,1H3,(H,38,39)/b4-2-/t28-,30-,32+,33-/m0/s1. The van der Waals surface area contributed by atoms with Gasteiger partial charge in [0.1, 0.15) is 0 Å². The van der Waals surface area contributed by atoms with Crippen LogP contribution < -0.4 is 5.73 Å². The van der Waals surface area contributed by atoms with Crippen LogP contribution in [0.5, 0.6) is 0 Å². The van der Waals surface area contributed by atoms with Crippen molar-refractivity contribution >= 4 is 5.97 Å². The van der Waals surface area contributed by atoms with Crippen molar-refractivity contribution in [2.45, 2.75) is 134 Å². The molecule has 1 aromatic rings. The molecular weight excluding hydrogens is 482 g/mol. The number of aliphatic hydroxyl groups is 1. The molecule has 0 aliphatic heterocycles. The van der Waals surface area contributed by atoms with Crippen molar-refractivity contribution < 1.29 is 15.0 Å². The molecule has 0 amide bonds. The van der Waals surface area contributed by atoms with Crippen molar-refractivity contribution in [3.05, 3.63) is 48.0 Å². The van der Waals surface area contributed by atoms with Crippen LogP contribution in [0.2, 0.25) is 0 Å². The van der Waals surface area contributed by atoms with E-state index in [0.717, 1.165) is 57.3 Å². The molecule has 3 rings (SSSR count). The minimum Gasteiger partial charge on any atom is -0.481 e. The molecule has 2 fully saturated rings. The van der Waals surface area contributed by atoms with Gasteiger partial charge >= 0.3 is 5.97 Å². The number of hydrogen-bond acceptors (Lipinski definition) is 3. The minimum atomic E-state index is -0.878. The van der Waals surface area contributed by atoms with Gasteiger partial charge in [-0.2, -0.15) is 0 Å². The van der Waals surface area contributed by atoms with Crippen molar-refractivity contribution in [2.24, 2.45) is 29.4 Å². The van der Waals surface area contributed by atoms with E-state index in [-0.39, 0.29) is 17.3 Å². The molecule has 0 radical (unpaired) electrons. The predicted molar refractivity (Wildman–Crippen MR) is 163 cm³/mol. The molecule has 2 aliphatic carbocycles. The average Bonchev–Trinajstić information content (AvgIpc) is 2.94. The van der Waals surface area contributed by atoms with Gasteiger partial charge in [0, 0.05) is 0 Å². The quantitative estimate of drug-likeness (QED) is 0.137. The zero-order valence-electron chi connectivity index (χ0n) is 24.7. The Hall–Kier alpha value is -1.65. The van der Waals surface area contributed by atoms with Gasteiger partial charge in [0.2, 0.25) is 0 Å². The van der Waals surface area contributed by atoms with Gasteiger partial charge < -0.3 is 15.9 Å². The van der Waals surface area contributed by atoms with Crippen molar-refractivity contribution in [1.82, 2.24) is 0 Å². The van der Waals surface area contributed by atoms with Gasteiger partial charge in [-0.3, -0.25) is 4.79 Å². The van der Waals surface area contributed by atoms with Crippen molar-refractivity contribution in [1.29, 1.82) is 0 Å². The first-order valence-corrected chi connectivity index (χ1v) is 16.3. The third-order valence-electron chi connectivity index (χ3n) is 10.1. The second-order valence-electron chi connectivity index (χ2n) is 12.9. The Kier molecular flexibility index (Phi) is 14.1. The summed E-state index contributed by atoms with van der Waals surface area (Å²) < 4.78 is 0. The second kappa shape index (κ2) is 17.2. The first-order valence-electron chi connectivity index (χ1n) is 16.3. The van der Waals surface area contributed by atoms with Crippen LogP contribution in [0.1, 0.15) is 128 Å². The third-order valence-corrected chi connectivity index (χ3v) is 10.1. The summed E-state index contributed by atoms with van der Waals surface area (Å²) in [6.45, 7) is 2.23. The summed E-state index contributed by atoms with van der Waals surface area (Å²) in [5, 5.41) is 21.0. The number of rotatable bonds is 17. The maximum absolute atomic E-state index is 12.6. The van der Waals surface area contributed by atoms with Gasteiger partial charge in [-0.1, -0.05) is 107 Å². The van der Waals surface area contributed by atoms with E-state index in [4.69, 9.17) is 5.73 Å². The Morgan fingerprint density at radius 1 is 0.974 bits per heavy atom. The largest absolute Gasteiger partial charge is 0.481 e. The Labute approximate surface area is 238 Å². The summed E-state index contributed by atoms with van der Waals surface area (Å²) >= 11 is 0. The first kappa shape index (κ1) is 31.9. The number of aliphatic carboxylic acids is 1. The van der Waals surface area contributed by atoms with E-state index in [1.807, 2.05) is 0 Å². The van der Waals surface area contributed by atoms with Gasteiger partial charge in [0.25, 0.3) is 0 Å². The third kappa shape index (κ3) is 10.0. The average molecular weight is 540 g/mol. The van der Waals surface area contributed by atoms with Crippen LogP contribution in [0.4, 0.5) is 0 Å². The molecule has 0 unspecified atom stereocenters. The molecule has 1 aromatic carbocycles. The lowest BCUT2D eigenvalue weighted by Gasteiger charge is -2.44. The fraction of sp³-hybridized carbons (Fsp3) is 0.743. The number of carboxylic acid groups (broad SMARTS) is 1. The van der Waals surface area contributed by atoms with Gasteiger partial charge in [-0.15, -0.1) is 0 Å². The maximum atomic E-state index is 12.6. The highest BCUT2D eigenvalue weighted by molar-refractivity contribution is 5.71. The summed E-state index contributed by atoms with van der Waals surface area (Å²) in [5.74, 6) is -0.559. The molecule has 0 aromatic heterocycles. The van der Waals surface area contributed by atoms with Gasteiger partial charge in [0.05, 0.1) is 12.0 Å². The van der Waals surface area contributed by atoms with E-state index >= 15 is 0 Å². The number of carboxylic acids is 1. The molecule has 4 N–H and O–H groups in total. The van der Waals surface area contributed by atoms with Crippen molar-refractivity contribution in [3.63, 3.8) is 0 Å². The van der Waals surface area contributed by atoms with Crippen LogP contribution in [0.15, 0.2) is 42.5 Å². The van der Waals surface area contributed by atoms with Crippen LogP contribution >= 0.6 is 0 Å². The predicted octanol–water partition coefficient (Wildman–Crippen LogP) is 8.42. The van der Waals surface area contributed by atoms with E-state index < -0.39 is 18.0 Å². The zero-order valence-corrected chi connectivity index (χ0v) is 24.7. The highest BCUT2D eigenvalue weighted by Gasteiger charge is 2.44. The summed E-state index contributed by atoms with van der Waals surface area (Å²) in [6.07, 6.45) is 25.3. The number of benzene rings is 1. The number of hydrogen-bond donors (Lipinski definition) is 3. The van der Waals surface area contributed by atoms with Crippen LogP contribution in [-0.2, 0) is 10.2 Å². The first-order chi connectivity index (χ1) is 19.0. The molecule has 0 spiro atoms. The lowest BCUT2D eigenvalue weighted by molar-refractivity contribution is -0.150. The second-order valence-corrected chi connectivity index (χ2v) is 12.9. The Balaban J connectivity index is 1.65. The molecule has 0 bridgehead atoms. The number of carbonyl (C=O) groups is 1.